The largest absolute Gasteiger partial charge is 0.329 e. The van der Waals surface area contributed by atoms with Gasteiger partial charge < -0.3 is 5.32 Å². The molecule has 1 aliphatic rings. The number of hydrogen-bond acceptors (Lipinski definition) is 3. The van der Waals surface area contributed by atoms with Crippen LogP contribution in [0.5, 0.6) is 0 Å². The molecule has 0 spiro atoms. The zero-order valence-corrected chi connectivity index (χ0v) is 10.4. The van der Waals surface area contributed by atoms with Gasteiger partial charge in [-0.05, 0) is 0 Å². The van der Waals surface area contributed by atoms with Crippen LogP contribution in [-0.2, 0) is 20.6 Å². The van der Waals surface area contributed by atoms with E-state index in [-0.39, 0.29) is 5.69 Å². The number of aromatic nitrogens is 2. The molecule has 0 bridgehead atoms. The van der Waals surface area contributed by atoms with Gasteiger partial charge in [-0.3, -0.25) is 14.0 Å². The van der Waals surface area contributed by atoms with Gasteiger partial charge in [0.15, 0.2) is 0 Å². The maximum absolute atomic E-state index is 11.7. The van der Waals surface area contributed by atoms with Gasteiger partial charge in [0.25, 0.3) is 0 Å². The highest BCUT2D eigenvalue weighted by molar-refractivity contribution is 6.30. The average Bonchev–Trinajstić information content (AvgIpc) is 2.48. The van der Waals surface area contributed by atoms with E-state index in [0.717, 1.165) is 38.4 Å². The van der Waals surface area contributed by atoms with E-state index in [9.17, 15) is 4.79 Å². The van der Waals surface area contributed by atoms with Crippen LogP contribution in [-0.4, -0.2) is 40.2 Å². The van der Waals surface area contributed by atoms with Gasteiger partial charge >= 0.3 is 5.69 Å². The number of rotatable bonds is 2. The summed E-state index contributed by atoms with van der Waals surface area (Å²) in [5, 5.41) is 3.85. The zero-order valence-electron chi connectivity index (χ0n) is 9.66. The molecule has 16 heavy (non-hydrogen) atoms. The molecule has 1 fully saturated rings. The molecule has 0 radical (unpaired) electrons. The van der Waals surface area contributed by atoms with Gasteiger partial charge in [-0.25, -0.2) is 4.79 Å². The predicted octanol–water partition coefficient (Wildman–Crippen LogP) is -0.218. The molecule has 0 amide bonds. The highest BCUT2D eigenvalue weighted by atomic mass is 35.5. The van der Waals surface area contributed by atoms with Crippen LogP contribution in [0.2, 0.25) is 5.15 Å². The first-order valence-corrected chi connectivity index (χ1v) is 5.82. The molecule has 0 unspecified atom stereocenters. The number of piperazine rings is 1. The molecule has 90 valence electrons. The van der Waals surface area contributed by atoms with Crippen LogP contribution in [0.3, 0.4) is 0 Å². The first kappa shape index (κ1) is 11.7. The molecule has 0 aliphatic carbocycles. The Labute approximate surface area is 99.6 Å². The lowest BCUT2D eigenvalue weighted by molar-refractivity contribution is 0.228. The topological polar surface area (TPSA) is 42.2 Å². The molecule has 1 aliphatic heterocycles. The molecule has 0 saturated carbocycles. The number of nitrogens with one attached hydrogen (secondary N) is 1. The monoisotopic (exact) mass is 244 g/mol. The molecule has 0 aromatic carbocycles. The highest BCUT2D eigenvalue weighted by Gasteiger charge is 2.17. The summed E-state index contributed by atoms with van der Waals surface area (Å²) in [6, 6.07) is 0. The second-order valence-electron chi connectivity index (χ2n) is 4.16. The van der Waals surface area contributed by atoms with Crippen LogP contribution in [0.15, 0.2) is 4.79 Å². The van der Waals surface area contributed by atoms with Gasteiger partial charge in [0, 0.05) is 46.8 Å². The van der Waals surface area contributed by atoms with Gasteiger partial charge in [-0.1, -0.05) is 11.6 Å². The number of halogens is 1. The van der Waals surface area contributed by atoms with Crippen molar-refractivity contribution in [3.05, 3.63) is 21.3 Å². The van der Waals surface area contributed by atoms with Crippen LogP contribution in [0.1, 0.15) is 5.69 Å². The van der Waals surface area contributed by atoms with Crippen molar-refractivity contribution in [2.45, 2.75) is 6.54 Å². The Morgan fingerprint density at radius 1 is 1.25 bits per heavy atom. The summed E-state index contributed by atoms with van der Waals surface area (Å²) in [5.74, 6) is 0. The highest BCUT2D eigenvalue weighted by Crippen LogP contribution is 2.15. The van der Waals surface area contributed by atoms with Crippen LogP contribution in [0.25, 0.3) is 0 Å². The van der Waals surface area contributed by atoms with Crippen molar-refractivity contribution in [1.82, 2.24) is 19.4 Å². The predicted molar refractivity (Wildman–Crippen MR) is 63.8 cm³/mol. The third-order valence-corrected chi connectivity index (χ3v) is 3.57. The molecule has 1 aromatic rings. The van der Waals surface area contributed by atoms with Crippen molar-refractivity contribution >= 4 is 11.6 Å². The maximum atomic E-state index is 11.7. The fourth-order valence-corrected chi connectivity index (χ4v) is 2.27. The van der Waals surface area contributed by atoms with E-state index >= 15 is 0 Å². The Hall–Kier alpha value is -0.780. The Kier molecular flexibility index (Phi) is 3.37. The summed E-state index contributed by atoms with van der Waals surface area (Å²) in [7, 11) is 3.47. The summed E-state index contributed by atoms with van der Waals surface area (Å²) in [5.41, 5.74) is 0.839. The molecular formula is C10H17ClN4O. The zero-order chi connectivity index (χ0) is 11.7. The van der Waals surface area contributed by atoms with E-state index < -0.39 is 0 Å². The van der Waals surface area contributed by atoms with E-state index in [2.05, 4.69) is 10.2 Å². The minimum atomic E-state index is -0.0601. The van der Waals surface area contributed by atoms with Gasteiger partial charge in [0.05, 0.1) is 5.69 Å². The minimum absolute atomic E-state index is 0.0601. The van der Waals surface area contributed by atoms with Crippen LogP contribution < -0.4 is 11.0 Å². The third-order valence-electron chi connectivity index (χ3n) is 3.09. The molecule has 0 atom stereocenters. The molecule has 5 nitrogen and oxygen atoms in total. The molecule has 6 heteroatoms. The summed E-state index contributed by atoms with van der Waals surface area (Å²) >= 11 is 6.14. The molecule has 1 aromatic heterocycles. The smallest absolute Gasteiger partial charge is 0.314 e. The maximum Gasteiger partial charge on any atom is 0.329 e. The lowest BCUT2D eigenvalue weighted by Gasteiger charge is -2.27. The van der Waals surface area contributed by atoms with Gasteiger partial charge in [0.1, 0.15) is 5.15 Å². The van der Waals surface area contributed by atoms with E-state index in [1.807, 2.05) is 0 Å². The van der Waals surface area contributed by atoms with Gasteiger partial charge in [-0.15, -0.1) is 0 Å². The molecular weight excluding hydrogens is 228 g/mol. The summed E-state index contributed by atoms with van der Waals surface area (Å²) in [6.45, 7) is 4.74. The summed E-state index contributed by atoms with van der Waals surface area (Å²) in [6.07, 6.45) is 0. The molecule has 2 rings (SSSR count). The second-order valence-corrected chi connectivity index (χ2v) is 4.52. The third kappa shape index (κ3) is 2.03. The van der Waals surface area contributed by atoms with E-state index in [1.54, 1.807) is 18.7 Å². The van der Waals surface area contributed by atoms with Crippen molar-refractivity contribution in [2.24, 2.45) is 14.1 Å². The van der Waals surface area contributed by atoms with E-state index in [4.69, 9.17) is 11.6 Å². The number of hydrogen-bond donors (Lipinski definition) is 1. The normalized spacial score (nSPS) is 17.9. The van der Waals surface area contributed by atoms with Gasteiger partial charge in [0.2, 0.25) is 0 Å². The first-order chi connectivity index (χ1) is 7.61. The van der Waals surface area contributed by atoms with Crippen LogP contribution >= 0.6 is 11.6 Å². The lowest BCUT2D eigenvalue weighted by atomic mass is 10.3. The Morgan fingerprint density at radius 2 is 1.88 bits per heavy atom. The Balaban J connectivity index is 2.20. The number of nitrogens with zero attached hydrogens (tertiary/aromatic N) is 3. The average molecular weight is 245 g/mol. The van der Waals surface area contributed by atoms with E-state index in [0.29, 0.717) is 5.15 Å². The van der Waals surface area contributed by atoms with E-state index in [1.165, 1.54) is 4.57 Å². The first-order valence-electron chi connectivity index (χ1n) is 5.44. The summed E-state index contributed by atoms with van der Waals surface area (Å²) < 4.78 is 3.11. The van der Waals surface area contributed by atoms with Crippen molar-refractivity contribution in [1.29, 1.82) is 0 Å². The van der Waals surface area contributed by atoms with Crippen molar-refractivity contribution in [3.8, 4) is 0 Å². The minimum Gasteiger partial charge on any atom is -0.314 e. The van der Waals surface area contributed by atoms with Crippen LogP contribution in [0, 0.1) is 0 Å². The standard InChI is InChI=1S/C10H17ClN4O/c1-13-8(9(11)14(2)10(13)16)7-15-5-3-12-4-6-15/h12H,3-7H2,1-2H3. The SMILES string of the molecule is Cn1c(Cl)c(CN2CCNCC2)n(C)c1=O. The quantitative estimate of drug-likeness (QED) is 0.783. The fraction of sp³-hybridized carbons (Fsp3) is 0.700. The Morgan fingerprint density at radius 3 is 2.38 bits per heavy atom. The molecule has 1 saturated heterocycles. The van der Waals surface area contributed by atoms with Gasteiger partial charge in [-0.2, -0.15) is 0 Å². The Bertz CT molecular complexity index is 431. The number of imidazole rings is 1. The fourth-order valence-electron chi connectivity index (χ4n) is 2.01. The lowest BCUT2D eigenvalue weighted by Crippen LogP contribution is -2.43. The molecule has 2 heterocycles. The van der Waals surface area contributed by atoms with Crippen molar-refractivity contribution in [2.75, 3.05) is 26.2 Å². The van der Waals surface area contributed by atoms with Crippen molar-refractivity contribution < 1.29 is 0 Å². The molecule has 1 N–H and O–H groups in total. The van der Waals surface area contributed by atoms with Crippen LogP contribution in [0.4, 0.5) is 0 Å². The van der Waals surface area contributed by atoms with Crippen molar-refractivity contribution in [3.63, 3.8) is 0 Å². The second kappa shape index (κ2) is 4.61. The summed E-state index contributed by atoms with van der Waals surface area (Å²) in [4.78, 5) is 14.0.